The average molecular weight is 406 g/mol. The number of pyridine rings is 1. The molecule has 1 heterocycles. The molecule has 162 valence electrons. The Labute approximate surface area is 174 Å². The highest BCUT2D eigenvalue weighted by Crippen LogP contribution is 2.24. The van der Waals surface area contributed by atoms with Crippen LogP contribution in [0.3, 0.4) is 0 Å². The molecule has 0 saturated heterocycles. The van der Waals surface area contributed by atoms with Crippen molar-refractivity contribution in [1.82, 2.24) is 9.88 Å². The summed E-state index contributed by atoms with van der Waals surface area (Å²) in [6.45, 7) is 9.75. The van der Waals surface area contributed by atoms with Crippen molar-refractivity contribution in [3.8, 4) is 0 Å². The third-order valence-electron chi connectivity index (χ3n) is 3.61. The van der Waals surface area contributed by atoms with E-state index in [9.17, 15) is 9.59 Å². The Hall–Kier alpha value is -2.51. The van der Waals surface area contributed by atoms with Gasteiger partial charge in [0.15, 0.2) is 0 Å². The summed E-state index contributed by atoms with van der Waals surface area (Å²) in [6, 6.07) is 6.88. The second-order valence-corrected chi connectivity index (χ2v) is 5.77. The Balaban J connectivity index is 0.00000184. The fourth-order valence-corrected chi connectivity index (χ4v) is 2.29. The van der Waals surface area contributed by atoms with Gasteiger partial charge in [-0.05, 0) is 26.2 Å². The van der Waals surface area contributed by atoms with Crippen LogP contribution in [0.15, 0.2) is 30.5 Å². The van der Waals surface area contributed by atoms with Crippen LogP contribution in [0.1, 0.15) is 44.5 Å². The zero-order valence-electron chi connectivity index (χ0n) is 18.7. The Morgan fingerprint density at radius 1 is 1.07 bits per heavy atom. The number of benzene rings is 1. The molecule has 29 heavy (non-hydrogen) atoms. The molecule has 0 fully saturated rings. The van der Waals surface area contributed by atoms with Gasteiger partial charge in [0.05, 0.1) is 43.5 Å². The number of hydrogen-bond donors (Lipinski definition) is 1. The van der Waals surface area contributed by atoms with E-state index in [1.54, 1.807) is 24.3 Å². The van der Waals surface area contributed by atoms with E-state index in [0.717, 1.165) is 6.54 Å². The SMILES string of the molecule is CC.CC.COC(=O)c1ccnc2c(NC(=O)CCOCCN(C)C)cccc12. The lowest BCUT2D eigenvalue weighted by atomic mass is 10.1. The number of carbonyl (C=O) groups excluding carboxylic acids is 2. The van der Waals surface area contributed by atoms with Crippen LogP contribution in [-0.2, 0) is 14.3 Å². The van der Waals surface area contributed by atoms with Gasteiger partial charge in [-0.3, -0.25) is 9.78 Å². The van der Waals surface area contributed by atoms with Gasteiger partial charge >= 0.3 is 5.97 Å². The molecule has 2 rings (SSSR count). The first-order valence-corrected chi connectivity index (χ1v) is 10.0. The molecule has 0 aliphatic carbocycles. The van der Waals surface area contributed by atoms with Crippen molar-refractivity contribution < 1.29 is 19.1 Å². The van der Waals surface area contributed by atoms with Crippen LogP contribution in [0.2, 0.25) is 0 Å². The van der Waals surface area contributed by atoms with E-state index in [2.05, 4.69) is 10.3 Å². The standard InChI is InChI=1S/C18H23N3O4.2C2H6/c1-21(2)10-12-25-11-8-16(22)20-15-6-4-5-13-14(18(23)24-3)7-9-19-17(13)15;2*1-2/h4-7,9H,8,10-12H2,1-3H3,(H,20,22);2*1-2H3. The number of aromatic nitrogens is 1. The summed E-state index contributed by atoms with van der Waals surface area (Å²) in [5, 5.41) is 3.46. The number of methoxy groups -OCH3 is 1. The molecule has 1 aromatic carbocycles. The number of anilines is 1. The summed E-state index contributed by atoms with van der Waals surface area (Å²) in [7, 11) is 5.26. The van der Waals surface area contributed by atoms with Crippen molar-refractivity contribution in [1.29, 1.82) is 0 Å². The number of para-hydroxylation sites is 1. The molecule has 1 N–H and O–H groups in total. The number of fused-ring (bicyclic) bond motifs is 1. The quantitative estimate of drug-likeness (QED) is 0.528. The molecule has 0 spiro atoms. The Kier molecular flexibility index (Phi) is 14.1. The Morgan fingerprint density at radius 2 is 1.76 bits per heavy atom. The lowest BCUT2D eigenvalue weighted by Crippen LogP contribution is -2.20. The van der Waals surface area contributed by atoms with E-state index in [0.29, 0.717) is 35.4 Å². The van der Waals surface area contributed by atoms with Gasteiger partial charge in [0.1, 0.15) is 0 Å². The zero-order chi connectivity index (χ0) is 22.2. The summed E-state index contributed by atoms with van der Waals surface area (Å²) in [5.74, 6) is -0.604. The minimum atomic E-state index is -0.440. The molecule has 1 aromatic heterocycles. The van der Waals surface area contributed by atoms with Crippen LogP contribution >= 0.6 is 0 Å². The fraction of sp³-hybridized carbons (Fsp3) is 0.500. The lowest BCUT2D eigenvalue weighted by Gasteiger charge is -2.11. The summed E-state index contributed by atoms with van der Waals surface area (Å²) in [6.07, 6.45) is 1.77. The minimum Gasteiger partial charge on any atom is -0.465 e. The van der Waals surface area contributed by atoms with Gasteiger partial charge in [-0.2, -0.15) is 0 Å². The smallest absolute Gasteiger partial charge is 0.338 e. The first-order valence-electron chi connectivity index (χ1n) is 10.0. The number of nitrogens with zero attached hydrogens (tertiary/aromatic N) is 2. The largest absolute Gasteiger partial charge is 0.465 e. The number of ether oxygens (including phenoxy) is 2. The molecule has 0 unspecified atom stereocenters. The van der Waals surface area contributed by atoms with Crippen LogP contribution in [-0.4, -0.2) is 62.7 Å². The van der Waals surface area contributed by atoms with Gasteiger partial charge in [0.25, 0.3) is 0 Å². The summed E-state index contributed by atoms with van der Waals surface area (Å²) >= 11 is 0. The highest BCUT2D eigenvalue weighted by Gasteiger charge is 2.13. The van der Waals surface area contributed by atoms with Crippen molar-refractivity contribution in [3.63, 3.8) is 0 Å². The van der Waals surface area contributed by atoms with Crippen molar-refractivity contribution in [2.45, 2.75) is 34.1 Å². The Bertz CT molecular complexity index is 748. The maximum atomic E-state index is 12.1. The molecule has 0 radical (unpaired) electrons. The van der Waals surface area contributed by atoms with Crippen molar-refractivity contribution >= 4 is 28.5 Å². The van der Waals surface area contributed by atoms with Gasteiger partial charge in [-0.25, -0.2) is 4.79 Å². The van der Waals surface area contributed by atoms with Gasteiger partial charge in [0, 0.05) is 18.1 Å². The van der Waals surface area contributed by atoms with E-state index in [-0.39, 0.29) is 12.3 Å². The molecule has 1 amide bonds. The number of carbonyl (C=O) groups is 2. The molecular weight excluding hydrogens is 370 g/mol. The third kappa shape index (κ3) is 9.02. The summed E-state index contributed by atoms with van der Waals surface area (Å²) in [4.78, 5) is 30.3. The second kappa shape index (κ2) is 15.4. The Morgan fingerprint density at radius 3 is 2.38 bits per heavy atom. The van der Waals surface area contributed by atoms with E-state index in [1.807, 2.05) is 46.7 Å². The van der Waals surface area contributed by atoms with Crippen molar-refractivity contribution in [2.24, 2.45) is 0 Å². The first kappa shape index (κ1) is 26.5. The lowest BCUT2D eigenvalue weighted by molar-refractivity contribution is -0.117. The predicted octanol–water partition coefficient (Wildman–Crippen LogP) is 3.98. The number of rotatable bonds is 8. The van der Waals surface area contributed by atoms with E-state index < -0.39 is 5.97 Å². The molecular formula is C22H35N3O4. The summed E-state index contributed by atoms with van der Waals surface area (Å²) in [5.41, 5.74) is 1.52. The predicted molar refractivity (Wildman–Crippen MR) is 118 cm³/mol. The number of esters is 1. The zero-order valence-corrected chi connectivity index (χ0v) is 18.7. The fourth-order valence-electron chi connectivity index (χ4n) is 2.29. The maximum Gasteiger partial charge on any atom is 0.338 e. The number of amides is 1. The third-order valence-corrected chi connectivity index (χ3v) is 3.61. The number of likely N-dealkylation sites (N-methyl/N-ethyl adjacent to an activating group) is 1. The van der Waals surface area contributed by atoms with Crippen molar-refractivity contribution in [2.75, 3.05) is 46.3 Å². The first-order chi connectivity index (χ1) is 14.0. The van der Waals surface area contributed by atoms with Gasteiger partial charge in [0.2, 0.25) is 5.91 Å². The van der Waals surface area contributed by atoms with Gasteiger partial charge in [-0.1, -0.05) is 39.8 Å². The highest BCUT2D eigenvalue weighted by molar-refractivity contribution is 6.08. The summed E-state index contributed by atoms with van der Waals surface area (Å²) < 4.78 is 10.2. The maximum absolute atomic E-state index is 12.1. The van der Waals surface area contributed by atoms with Crippen molar-refractivity contribution in [3.05, 3.63) is 36.0 Å². The van der Waals surface area contributed by atoms with Crippen LogP contribution in [0.4, 0.5) is 5.69 Å². The van der Waals surface area contributed by atoms with Crippen LogP contribution in [0, 0.1) is 0 Å². The molecule has 2 aromatic rings. The molecule has 7 nitrogen and oxygen atoms in total. The van der Waals surface area contributed by atoms with E-state index in [4.69, 9.17) is 9.47 Å². The molecule has 0 saturated carbocycles. The van der Waals surface area contributed by atoms with Crippen LogP contribution in [0.25, 0.3) is 10.9 Å². The molecule has 0 atom stereocenters. The highest BCUT2D eigenvalue weighted by atomic mass is 16.5. The van der Waals surface area contributed by atoms with E-state index in [1.165, 1.54) is 13.3 Å². The number of nitrogens with one attached hydrogen (secondary N) is 1. The molecule has 0 aliphatic rings. The molecule has 7 heteroatoms. The van der Waals surface area contributed by atoms with Gasteiger partial charge < -0.3 is 19.7 Å². The topological polar surface area (TPSA) is 80.8 Å². The molecule has 0 aliphatic heterocycles. The van der Waals surface area contributed by atoms with E-state index >= 15 is 0 Å². The molecule has 0 bridgehead atoms. The van der Waals surface area contributed by atoms with Crippen LogP contribution in [0.5, 0.6) is 0 Å². The van der Waals surface area contributed by atoms with Gasteiger partial charge in [-0.15, -0.1) is 0 Å². The average Bonchev–Trinajstić information content (AvgIpc) is 2.75. The van der Waals surface area contributed by atoms with Crippen LogP contribution < -0.4 is 5.32 Å². The number of hydrogen-bond acceptors (Lipinski definition) is 6. The normalized spacial score (nSPS) is 9.79. The second-order valence-electron chi connectivity index (χ2n) is 5.77. The minimum absolute atomic E-state index is 0.164. The monoisotopic (exact) mass is 405 g/mol.